The van der Waals surface area contributed by atoms with E-state index in [1.165, 1.54) is 0 Å². The van der Waals surface area contributed by atoms with Crippen molar-refractivity contribution in [3.63, 3.8) is 0 Å². The summed E-state index contributed by atoms with van der Waals surface area (Å²) in [7, 11) is 4.78. The first-order chi connectivity index (χ1) is 27.9. The van der Waals surface area contributed by atoms with Gasteiger partial charge in [0.1, 0.15) is 19.8 Å². The first kappa shape index (κ1) is 44.8. The number of methoxy groups -OCH3 is 3. The second kappa shape index (κ2) is 26.1. The van der Waals surface area contributed by atoms with E-state index >= 15 is 0 Å². The smallest absolute Gasteiger partial charge is 0.338 e. The molecule has 3 aromatic carbocycles. The van der Waals surface area contributed by atoms with E-state index in [1.807, 2.05) is 15.0 Å². The van der Waals surface area contributed by atoms with Crippen molar-refractivity contribution in [2.24, 2.45) is 0 Å². The average molecular weight is 799 g/mol. The van der Waals surface area contributed by atoms with Crippen LogP contribution in [0.25, 0.3) is 0 Å². The van der Waals surface area contributed by atoms with E-state index in [9.17, 15) is 14.4 Å². The Morgan fingerprint density at radius 3 is 0.895 bits per heavy atom. The maximum absolute atomic E-state index is 12.5. The number of nitrogens with one attached hydrogen (secondary N) is 3. The van der Waals surface area contributed by atoms with Gasteiger partial charge in [-0.3, -0.25) is 0 Å². The summed E-state index contributed by atoms with van der Waals surface area (Å²) in [5.74, 6) is -1.34. The summed E-state index contributed by atoms with van der Waals surface area (Å²) in [6, 6.07) is 20.9. The fourth-order valence-corrected chi connectivity index (χ4v) is 5.12. The number of ether oxygens (including phenoxy) is 9. The van der Waals surface area contributed by atoms with E-state index in [1.54, 1.807) is 94.1 Å². The van der Waals surface area contributed by atoms with E-state index < -0.39 is 17.9 Å². The fourth-order valence-electron chi connectivity index (χ4n) is 5.12. The van der Waals surface area contributed by atoms with Crippen LogP contribution in [0.2, 0.25) is 0 Å². The number of rotatable bonds is 27. The molecule has 0 aliphatic carbocycles. The van der Waals surface area contributed by atoms with Gasteiger partial charge in [0.15, 0.2) is 0 Å². The van der Waals surface area contributed by atoms with Crippen molar-refractivity contribution in [3.8, 4) is 0 Å². The predicted molar refractivity (Wildman–Crippen MR) is 209 cm³/mol. The van der Waals surface area contributed by atoms with Crippen LogP contribution in [0, 0.1) is 0 Å². The number of nitrogens with zero attached hydrogens (tertiary/aromatic N) is 3. The number of benzene rings is 3. The van der Waals surface area contributed by atoms with Gasteiger partial charge in [0.2, 0.25) is 0 Å². The molecule has 1 heterocycles. The van der Waals surface area contributed by atoms with Gasteiger partial charge in [0, 0.05) is 38.4 Å². The number of hydrogen-bond donors (Lipinski definition) is 3. The lowest BCUT2D eigenvalue weighted by Crippen LogP contribution is -2.59. The normalized spacial score (nSPS) is 13.5. The number of carbonyl (C=O) groups excluding carboxylic acids is 3. The maximum Gasteiger partial charge on any atom is 0.338 e. The topological polar surface area (TPSA) is 180 Å². The Kier molecular flexibility index (Phi) is 20.5. The monoisotopic (exact) mass is 798 g/mol. The highest BCUT2D eigenvalue weighted by atomic mass is 16.6. The van der Waals surface area contributed by atoms with Gasteiger partial charge >= 0.3 is 17.9 Å². The zero-order valence-electron chi connectivity index (χ0n) is 32.8. The average Bonchev–Trinajstić information content (AvgIpc) is 3.22. The van der Waals surface area contributed by atoms with Gasteiger partial charge in [-0.05, 0) is 72.8 Å². The first-order valence-electron chi connectivity index (χ1n) is 18.4. The van der Waals surface area contributed by atoms with E-state index in [0.717, 1.165) is 17.1 Å². The van der Waals surface area contributed by atoms with Crippen LogP contribution in [0.3, 0.4) is 0 Å². The first-order valence-corrected chi connectivity index (χ1v) is 18.4. The molecule has 0 spiro atoms. The van der Waals surface area contributed by atoms with Crippen LogP contribution >= 0.6 is 0 Å². The molecule has 57 heavy (non-hydrogen) atoms. The van der Waals surface area contributed by atoms with Gasteiger partial charge in [-0.2, -0.15) is 15.0 Å². The van der Waals surface area contributed by atoms with Gasteiger partial charge in [0.05, 0.1) is 96.2 Å². The predicted octanol–water partition coefficient (Wildman–Crippen LogP) is 3.32. The van der Waals surface area contributed by atoms with Crippen molar-refractivity contribution >= 4 is 35.0 Å². The molecule has 1 fully saturated rings. The lowest BCUT2D eigenvalue weighted by Gasteiger charge is -2.42. The summed E-state index contributed by atoms with van der Waals surface area (Å²) in [5.41, 5.74) is 13.7. The second-order valence-electron chi connectivity index (χ2n) is 12.3. The Morgan fingerprint density at radius 1 is 0.404 bits per heavy atom. The largest absolute Gasteiger partial charge is 0.460 e. The maximum atomic E-state index is 12.5. The zero-order chi connectivity index (χ0) is 40.5. The zero-order valence-corrected chi connectivity index (χ0v) is 32.8. The number of hydrogen-bond acceptors (Lipinski definition) is 18. The number of esters is 3. The summed E-state index contributed by atoms with van der Waals surface area (Å²) < 4.78 is 46.8. The van der Waals surface area contributed by atoms with E-state index in [-0.39, 0.29) is 39.6 Å². The molecule has 0 amide bonds. The Balaban J connectivity index is 1.35. The van der Waals surface area contributed by atoms with Gasteiger partial charge in [-0.25, -0.2) is 14.4 Å². The van der Waals surface area contributed by atoms with Crippen LogP contribution < -0.4 is 16.3 Å². The molecule has 18 heteroatoms. The molecule has 0 saturated carbocycles. The lowest BCUT2D eigenvalue weighted by molar-refractivity contribution is 0.0126. The number of carbonyl (C=O) groups is 3. The minimum absolute atomic E-state index is 0.137. The van der Waals surface area contributed by atoms with Gasteiger partial charge < -0.3 is 58.9 Å². The Hall–Kier alpha value is -4.89. The molecule has 0 atom stereocenters. The number of hydrazine groups is 3. The Labute approximate surface area is 333 Å². The summed E-state index contributed by atoms with van der Waals surface area (Å²) >= 11 is 0. The summed E-state index contributed by atoms with van der Waals surface area (Å²) in [5, 5.41) is 5.86. The SMILES string of the molecule is COCCOCCOC(=O)c1ccc(NN2CN(Nc3ccc(C(=O)OCCOCCOC)cc3)CN(Nc3ccc(C(=O)OCCOCCOC)cc3)C2)cc1. The highest BCUT2D eigenvalue weighted by Crippen LogP contribution is 2.19. The van der Waals surface area contributed by atoms with Crippen LogP contribution in [-0.4, -0.2) is 154 Å². The minimum atomic E-state index is -0.446. The third-order valence-electron chi connectivity index (χ3n) is 7.93. The summed E-state index contributed by atoms with van der Waals surface area (Å²) in [4.78, 5) is 37.6. The standard InChI is InChI=1S/C39H54N6O12/c1-49-16-19-52-22-25-55-37(46)31-4-10-34(11-5-31)40-43-28-44(41-35-12-6-32(7-13-35)38(47)56-26-23-53-20-17-50-2)30-45(29-43)42-36-14-8-33(9-15-36)39(48)57-27-24-54-21-18-51-3/h4-15,40-42H,16-30H2,1-3H3. The van der Waals surface area contributed by atoms with Crippen molar-refractivity contribution in [2.75, 3.05) is 137 Å². The minimum Gasteiger partial charge on any atom is -0.460 e. The highest BCUT2D eigenvalue weighted by molar-refractivity contribution is 5.90. The van der Waals surface area contributed by atoms with Crippen LogP contribution in [0.5, 0.6) is 0 Å². The Bertz CT molecular complexity index is 1410. The van der Waals surface area contributed by atoms with Crippen molar-refractivity contribution in [3.05, 3.63) is 89.5 Å². The van der Waals surface area contributed by atoms with Crippen LogP contribution in [0.15, 0.2) is 72.8 Å². The molecular formula is C39H54N6O12. The molecule has 1 saturated heterocycles. The third kappa shape index (κ3) is 17.0. The molecular weight excluding hydrogens is 744 g/mol. The molecule has 3 N–H and O–H groups in total. The van der Waals surface area contributed by atoms with E-state index in [0.29, 0.717) is 76.3 Å². The second-order valence-corrected chi connectivity index (χ2v) is 12.3. The van der Waals surface area contributed by atoms with Crippen molar-refractivity contribution in [1.29, 1.82) is 0 Å². The lowest BCUT2D eigenvalue weighted by atomic mass is 10.2. The van der Waals surface area contributed by atoms with Crippen molar-refractivity contribution in [1.82, 2.24) is 15.0 Å². The number of anilines is 3. The van der Waals surface area contributed by atoms with E-state index in [2.05, 4.69) is 16.3 Å². The van der Waals surface area contributed by atoms with Crippen LogP contribution in [0.4, 0.5) is 17.1 Å². The summed E-state index contributed by atoms with van der Waals surface area (Å²) in [6.45, 7) is 5.23. The molecule has 1 aliphatic heterocycles. The van der Waals surface area contributed by atoms with E-state index in [4.69, 9.17) is 42.6 Å². The molecule has 312 valence electrons. The third-order valence-corrected chi connectivity index (χ3v) is 7.93. The molecule has 0 radical (unpaired) electrons. The van der Waals surface area contributed by atoms with Gasteiger partial charge in [-0.15, -0.1) is 0 Å². The molecule has 3 aromatic rings. The van der Waals surface area contributed by atoms with Gasteiger partial charge in [-0.1, -0.05) is 0 Å². The molecule has 1 aliphatic rings. The van der Waals surface area contributed by atoms with Crippen molar-refractivity contribution < 1.29 is 57.0 Å². The Morgan fingerprint density at radius 2 is 0.649 bits per heavy atom. The van der Waals surface area contributed by atoms with Crippen LogP contribution in [-0.2, 0) is 42.6 Å². The molecule has 0 unspecified atom stereocenters. The van der Waals surface area contributed by atoms with Crippen molar-refractivity contribution in [2.45, 2.75) is 0 Å². The molecule has 4 rings (SSSR count). The molecule has 0 aromatic heterocycles. The van der Waals surface area contributed by atoms with Crippen LogP contribution in [0.1, 0.15) is 31.1 Å². The molecule has 18 nitrogen and oxygen atoms in total. The molecule has 0 bridgehead atoms. The quantitative estimate of drug-likeness (QED) is 0.0580. The van der Waals surface area contributed by atoms with Gasteiger partial charge in [0.25, 0.3) is 0 Å². The highest BCUT2D eigenvalue weighted by Gasteiger charge is 2.24. The fraction of sp³-hybridized carbons (Fsp3) is 0.462. The summed E-state index contributed by atoms with van der Waals surface area (Å²) in [6.07, 6.45) is 0.